The molecule has 0 radical (unpaired) electrons. The first-order chi connectivity index (χ1) is 11.9. The fourth-order valence-corrected chi connectivity index (χ4v) is 4.73. The molecule has 3 aliphatic rings. The van der Waals surface area contributed by atoms with Crippen molar-refractivity contribution in [1.82, 2.24) is 5.32 Å². The van der Waals surface area contributed by atoms with Crippen molar-refractivity contribution in [3.05, 3.63) is 24.0 Å². The molecule has 25 heavy (non-hydrogen) atoms. The van der Waals surface area contributed by atoms with Crippen LogP contribution in [0.3, 0.4) is 0 Å². The Hall–Kier alpha value is -1.82. The Morgan fingerprint density at radius 2 is 2.04 bits per heavy atom. The molecule has 6 heteroatoms. The average Bonchev–Trinajstić information content (AvgIpc) is 3.23. The van der Waals surface area contributed by atoms with Crippen LogP contribution in [-0.4, -0.2) is 37.9 Å². The number of benzene rings is 1. The minimum Gasteiger partial charge on any atom is -0.377 e. The number of halogens is 1. The first kappa shape index (κ1) is 16.6. The molecule has 1 aromatic carbocycles. The molecule has 5 nitrogen and oxygen atoms in total. The van der Waals surface area contributed by atoms with Gasteiger partial charge in [-0.15, -0.1) is 0 Å². The lowest BCUT2D eigenvalue weighted by Crippen LogP contribution is -2.67. The van der Waals surface area contributed by atoms with Crippen LogP contribution >= 0.6 is 0 Å². The number of anilines is 2. The molecule has 0 spiro atoms. The van der Waals surface area contributed by atoms with E-state index in [0.717, 1.165) is 44.6 Å². The lowest BCUT2D eigenvalue weighted by Gasteiger charge is -2.54. The van der Waals surface area contributed by atoms with Gasteiger partial charge in [0.1, 0.15) is 5.82 Å². The number of carbonyl (C=O) groups excluding carboxylic acids is 1. The van der Waals surface area contributed by atoms with E-state index < -0.39 is 0 Å². The summed E-state index contributed by atoms with van der Waals surface area (Å²) in [7, 11) is 0. The topological polar surface area (TPSA) is 53.6 Å². The second-order valence-corrected chi connectivity index (χ2v) is 8.03. The number of urea groups is 1. The van der Waals surface area contributed by atoms with Gasteiger partial charge in [-0.1, -0.05) is 13.8 Å². The van der Waals surface area contributed by atoms with E-state index in [4.69, 9.17) is 4.74 Å². The Labute approximate surface area is 147 Å². The number of rotatable bonds is 3. The molecule has 136 valence electrons. The molecule has 2 N–H and O–H groups in total. The van der Waals surface area contributed by atoms with Gasteiger partial charge in [0.2, 0.25) is 0 Å². The molecular formula is C19H26FN3O2. The summed E-state index contributed by atoms with van der Waals surface area (Å²) in [6.07, 6.45) is 3.47. The SMILES string of the molecule is CC1(C)[C@H](NC(=O)Nc2cc(F)cc(N3CCCC3)c2)[C@@H]2CCO[C@H]21. The highest BCUT2D eigenvalue weighted by Crippen LogP contribution is 2.52. The lowest BCUT2D eigenvalue weighted by atomic mass is 9.57. The summed E-state index contributed by atoms with van der Waals surface area (Å²) < 4.78 is 19.7. The summed E-state index contributed by atoms with van der Waals surface area (Å²) in [6, 6.07) is 4.56. The van der Waals surface area contributed by atoms with Crippen LogP contribution in [-0.2, 0) is 4.74 Å². The monoisotopic (exact) mass is 347 g/mol. The molecule has 2 heterocycles. The third-order valence-electron chi connectivity index (χ3n) is 6.00. The third kappa shape index (κ3) is 2.97. The molecule has 4 rings (SSSR count). The lowest BCUT2D eigenvalue weighted by molar-refractivity contribution is -0.107. The molecule has 0 aromatic heterocycles. The summed E-state index contributed by atoms with van der Waals surface area (Å²) in [4.78, 5) is 14.6. The Morgan fingerprint density at radius 1 is 1.28 bits per heavy atom. The van der Waals surface area contributed by atoms with Gasteiger partial charge in [-0.3, -0.25) is 0 Å². The summed E-state index contributed by atoms with van der Waals surface area (Å²) >= 11 is 0. The van der Waals surface area contributed by atoms with E-state index in [-0.39, 0.29) is 29.4 Å². The van der Waals surface area contributed by atoms with Crippen LogP contribution in [0.25, 0.3) is 0 Å². The molecule has 1 saturated carbocycles. The minimum absolute atomic E-state index is 0.0683. The number of carbonyl (C=O) groups is 1. The zero-order valence-electron chi connectivity index (χ0n) is 14.8. The second-order valence-electron chi connectivity index (χ2n) is 8.03. The minimum atomic E-state index is -0.326. The zero-order valence-corrected chi connectivity index (χ0v) is 14.8. The molecule has 3 fully saturated rings. The highest BCUT2D eigenvalue weighted by molar-refractivity contribution is 5.90. The highest BCUT2D eigenvalue weighted by atomic mass is 19.1. The van der Waals surface area contributed by atoms with Crippen LogP contribution in [0.1, 0.15) is 33.1 Å². The molecule has 2 aliphatic heterocycles. The first-order valence-corrected chi connectivity index (χ1v) is 9.20. The van der Waals surface area contributed by atoms with Crippen molar-refractivity contribution in [2.45, 2.75) is 45.3 Å². The van der Waals surface area contributed by atoms with Gasteiger partial charge in [-0.25, -0.2) is 9.18 Å². The second kappa shape index (κ2) is 6.16. The summed E-state index contributed by atoms with van der Waals surface area (Å²) in [5, 5.41) is 5.87. The van der Waals surface area contributed by atoms with Crippen LogP contribution in [0.4, 0.5) is 20.6 Å². The Balaban J connectivity index is 1.42. The van der Waals surface area contributed by atoms with E-state index in [2.05, 4.69) is 29.4 Å². The normalized spacial score (nSPS) is 29.9. The Morgan fingerprint density at radius 3 is 2.80 bits per heavy atom. The number of hydrogen-bond acceptors (Lipinski definition) is 3. The van der Waals surface area contributed by atoms with E-state index in [0.29, 0.717) is 11.6 Å². The van der Waals surface area contributed by atoms with Crippen molar-refractivity contribution in [2.75, 3.05) is 29.9 Å². The molecular weight excluding hydrogens is 321 g/mol. The zero-order chi connectivity index (χ0) is 17.6. The van der Waals surface area contributed by atoms with Gasteiger partial charge in [-0.2, -0.15) is 0 Å². The average molecular weight is 347 g/mol. The van der Waals surface area contributed by atoms with Crippen LogP contribution in [0.2, 0.25) is 0 Å². The van der Waals surface area contributed by atoms with Crippen molar-refractivity contribution >= 4 is 17.4 Å². The van der Waals surface area contributed by atoms with Gasteiger partial charge in [-0.05, 0) is 37.5 Å². The van der Waals surface area contributed by atoms with Gasteiger partial charge in [0, 0.05) is 48.4 Å². The van der Waals surface area contributed by atoms with Crippen LogP contribution in [0.5, 0.6) is 0 Å². The number of amides is 2. The maximum Gasteiger partial charge on any atom is 0.319 e. The molecule has 1 aliphatic carbocycles. The number of nitrogens with one attached hydrogen (secondary N) is 2. The van der Waals surface area contributed by atoms with Crippen molar-refractivity contribution in [3.63, 3.8) is 0 Å². The largest absolute Gasteiger partial charge is 0.377 e. The van der Waals surface area contributed by atoms with Crippen LogP contribution in [0.15, 0.2) is 18.2 Å². The predicted molar refractivity (Wildman–Crippen MR) is 95.4 cm³/mol. The van der Waals surface area contributed by atoms with Gasteiger partial charge >= 0.3 is 6.03 Å². The molecule has 3 atom stereocenters. The van der Waals surface area contributed by atoms with Crippen molar-refractivity contribution in [2.24, 2.45) is 11.3 Å². The maximum atomic E-state index is 14.0. The van der Waals surface area contributed by atoms with Crippen LogP contribution in [0, 0.1) is 17.2 Å². The molecule has 0 unspecified atom stereocenters. The van der Waals surface area contributed by atoms with Gasteiger partial charge in [0.15, 0.2) is 0 Å². The fourth-order valence-electron chi connectivity index (χ4n) is 4.73. The molecule has 2 amide bonds. The van der Waals surface area contributed by atoms with E-state index >= 15 is 0 Å². The predicted octanol–water partition coefficient (Wildman–Crippen LogP) is 3.36. The first-order valence-electron chi connectivity index (χ1n) is 9.20. The Bertz CT molecular complexity index is 673. The van der Waals surface area contributed by atoms with Gasteiger partial charge in [0.05, 0.1) is 6.10 Å². The highest BCUT2D eigenvalue weighted by Gasteiger charge is 2.59. The number of hydrogen-bond donors (Lipinski definition) is 2. The molecule has 2 saturated heterocycles. The smallest absolute Gasteiger partial charge is 0.319 e. The maximum absolute atomic E-state index is 14.0. The van der Waals surface area contributed by atoms with Gasteiger partial charge < -0.3 is 20.3 Å². The Kier molecular flexibility index (Phi) is 4.10. The van der Waals surface area contributed by atoms with Crippen molar-refractivity contribution < 1.29 is 13.9 Å². The standard InChI is InChI=1S/C19H26FN3O2/c1-19(2)16(15-5-8-25-17(15)19)22-18(24)21-13-9-12(20)10-14(11-13)23-6-3-4-7-23/h9-11,15-17H,3-8H2,1-2H3,(H2,21,22,24)/t15-,16+,17+/m0/s1. The summed E-state index contributed by atoms with van der Waals surface area (Å²) in [6.45, 7) is 6.89. The van der Waals surface area contributed by atoms with Crippen molar-refractivity contribution in [1.29, 1.82) is 0 Å². The number of nitrogens with zero attached hydrogens (tertiary/aromatic N) is 1. The van der Waals surface area contributed by atoms with E-state index in [9.17, 15) is 9.18 Å². The number of fused-ring (bicyclic) bond motifs is 1. The van der Waals surface area contributed by atoms with E-state index in [1.807, 2.05) is 6.07 Å². The van der Waals surface area contributed by atoms with E-state index in [1.54, 1.807) is 0 Å². The fraction of sp³-hybridized carbons (Fsp3) is 0.632. The van der Waals surface area contributed by atoms with Crippen LogP contribution < -0.4 is 15.5 Å². The summed E-state index contributed by atoms with van der Waals surface area (Å²) in [5.41, 5.74) is 1.26. The quantitative estimate of drug-likeness (QED) is 0.881. The molecule has 1 aromatic rings. The summed E-state index contributed by atoms with van der Waals surface area (Å²) in [5.74, 6) is 0.0568. The van der Waals surface area contributed by atoms with E-state index in [1.165, 1.54) is 12.1 Å². The van der Waals surface area contributed by atoms with Gasteiger partial charge in [0.25, 0.3) is 0 Å². The van der Waals surface area contributed by atoms with Crippen molar-refractivity contribution in [3.8, 4) is 0 Å². The third-order valence-corrected chi connectivity index (χ3v) is 6.00. The number of ether oxygens (including phenoxy) is 1. The molecule has 0 bridgehead atoms.